The van der Waals surface area contributed by atoms with Gasteiger partial charge in [-0.3, -0.25) is 9.36 Å². The van der Waals surface area contributed by atoms with Crippen LogP contribution in [0, 0.1) is 5.82 Å². The smallest absolute Gasteiger partial charge is 0.338 e. The van der Waals surface area contributed by atoms with Crippen molar-refractivity contribution in [1.82, 2.24) is 4.57 Å². The van der Waals surface area contributed by atoms with E-state index >= 15 is 0 Å². The van der Waals surface area contributed by atoms with E-state index in [1.165, 1.54) is 35.1 Å². The molecule has 3 aromatic rings. The molecule has 6 nitrogen and oxygen atoms in total. The van der Waals surface area contributed by atoms with Crippen molar-refractivity contribution in [3.63, 3.8) is 0 Å². The van der Waals surface area contributed by atoms with Gasteiger partial charge in [-0.25, -0.2) is 14.2 Å². The number of fused-ring (bicyclic) bond motifs is 1. The first-order chi connectivity index (χ1) is 15.3. The third kappa shape index (κ3) is 3.89. The number of esters is 1. The first kappa shape index (κ1) is 21.7. The first-order valence-electron chi connectivity index (χ1n) is 9.94. The van der Waals surface area contributed by atoms with Gasteiger partial charge in [0.2, 0.25) is 0 Å². The molecule has 4 rings (SSSR count). The Bertz CT molecular complexity index is 1380. The van der Waals surface area contributed by atoms with E-state index in [1.54, 1.807) is 25.1 Å². The number of allylic oxidation sites excluding steroid dienone is 1. The summed E-state index contributed by atoms with van der Waals surface area (Å²) in [6.07, 6.45) is 1.70. The third-order valence-electron chi connectivity index (χ3n) is 5.32. The summed E-state index contributed by atoms with van der Waals surface area (Å²) in [6, 6.07) is 12.9. The number of hydrogen-bond donors (Lipinski definition) is 0. The molecule has 0 bridgehead atoms. The highest BCUT2D eigenvalue weighted by atomic mass is 32.1. The van der Waals surface area contributed by atoms with Crippen LogP contribution in [0.3, 0.4) is 0 Å². The highest BCUT2D eigenvalue weighted by Crippen LogP contribution is 2.31. The number of aromatic nitrogens is 1. The fourth-order valence-corrected chi connectivity index (χ4v) is 4.72. The lowest BCUT2D eigenvalue weighted by Gasteiger charge is -2.25. The van der Waals surface area contributed by atoms with E-state index in [-0.39, 0.29) is 11.4 Å². The van der Waals surface area contributed by atoms with Crippen molar-refractivity contribution >= 4 is 29.1 Å². The lowest BCUT2D eigenvalue weighted by molar-refractivity contribution is -0.136. The van der Waals surface area contributed by atoms with E-state index in [0.29, 0.717) is 26.2 Å². The monoisotopic (exact) mass is 451 g/mol. The molecule has 2 heterocycles. The van der Waals surface area contributed by atoms with Crippen molar-refractivity contribution in [3.8, 4) is 0 Å². The molecule has 2 aromatic carbocycles. The van der Waals surface area contributed by atoms with Crippen LogP contribution in [-0.4, -0.2) is 31.7 Å². The van der Waals surface area contributed by atoms with Crippen molar-refractivity contribution < 1.29 is 13.9 Å². The lowest BCUT2D eigenvalue weighted by atomic mass is 9.95. The fourth-order valence-electron chi connectivity index (χ4n) is 3.67. The minimum atomic E-state index is -0.662. The van der Waals surface area contributed by atoms with Gasteiger partial charge in [-0.1, -0.05) is 35.6 Å². The van der Waals surface area contributed by atoms with Gasteiger partial charge in [-0.15, -0.1) is 0 Å². The zero-order chi connectivity index (χ0) is 23.0. The highest BCUT2D eigenvalue weighted by Gasteiger charge is 2.33. The molecule has 0 fully saturated rings. The average Bonchev–Trinajstić information content (AvgIpc) is 3.08. The van der Waals surface area contributed by atoms with Gasteiger partial charge in [-0.05, 0) is 48.4 Å². The van der Waals surface area contributed by atoms with Gasteiger partial charge >= 0.3 is 5.97 Å². The Morgan fingerprint density at radius 2 is 1.81 bits per heavy atom. The van der Waals surface area contributed by atoms with Crippen molar-refractivity contribution in [2.75, 3.05) is 26.1 Å². The van der Waals surface area contributed by atoms with Crippen LogP contribution in [0.5, 0.6) is 0 Å². The average molecular weight is 452 g/mol. The highest BCUT2D eigenvalue weighted by molar-refractivity contribution is 7.07. The number of rotatable bonds is 4. The van der Waals surface area contributed by atoms with Crippen LogP contribution < -0.4 is 19.8 Å². The SMILES string of the molecule is COC(=O)C1=C(C)N=c2s/c(=C/c3ccc(F)cc3)c(=O)n2[C@H]1c1ccc(N(C)C)cc1. The summed E-state index contributed by atoms with van der Waals surface area (Å²) in [5.41, 5.74) is 3.04. The minimum Gasteiger partial charge on any atom is -0.466 e. The predicted molar refractivity (Wildman–Crippen MR) is 123 cm³/mol. The first-order valence-corrected chi connectivity index (χ1v) is 10.8. The Morgan fingerprint density at radius 1 is 1.16 bits per heavy atom. The van der Waals surface area contributed by atoms with E-state index in [9.17, 15) is 14.0 Å². The van der Waals surface area contributed by atoms with Crippen molar-refractivity contribution in [2.24, 2.45) is 4.99 Å². The molecule has 32 heavy (non-hydrogen) atoms. The maximum absolute atomic E-state index is 13.4. The number of ether oxygens (including phenoxy) is 1. The zero-order valence-corrected chi connectivity index (χ0v) is 18.9. The lowest BCUT2D eigenvalue weighted by Crippen LogP contribution is -2.39. The molecule has 0 amide bonds. The Balaban J connectivity index is 1.93. The maximum atomic E-state index is 13.4. The molecule has 0 spiro atoms. The van der Waals surface area contributed by atoms with E-state index in [4.69, 9.17) is 4.74 Å². The summed E-state index contributed by atoms with van der Waals surface area (Å²) in [4.78, 5) is 33.1. The van der Waals surface area contributed by atoms with Crippen LogP contribution in [0.4, 0.5) is 10.1 Å². The number of carbonyl (C=O) groups is 1. The van der Waals surface area contributed by atoms with Gasteiger partial charge in [-0.2, -0.15) is 0 Å². The van der Waals surface area contributed by atoms with E-state index in [1.807, 2.05) is 43.3 Å². The maximum Gasteiger partial charge on any atom is 0.338 e. The number of methoxy groups -OCH3 is 1. The molecule has 1 aliphatic rings. The molecule has 1 aromatic heterocycles. The molecular weight excluding hydrogens is 429 g/mol. The zero-order valence-electron chi connectivity index (χ0n) is 18.1. The Morgan fingerprint density at radius 3 is 2.41 bits per heavy atom. The van der Waals surface area contributed by atoms with Crippen LogP contribution >= 0.6 is 11.3 Å². The van der Waals surface area contributed by atoms with E-state index < -0.39 is 12.0 Å². The summed E-state index contributed by atoms with van der Waals surface area (Å²) < 4.78 is 20.3. The number of nitrogens with zero attached hydrogens (tertiary/aromatic N) is 3. The summed E-state index contributed by atoms with van der Waals surface area (Å²) in [7, 11) is 5.20. The van der Waals surface area contributed by atoms with Gasteiger partial charge in [0.1, 0.15) is 5.82 Å². The van der Waals surface area contributed by atoms with Gasteiger partial charge in [0.25, 0.3) is 5.56 Å². The van der Waals surface area contributed by atoms with Gasteiger partial charge in [0, 0.05) is 19.8 Å². The molecule has 0 radical (unpaired) electrons. The molecule has 8 heteroatoms. The minimum absolute atomic E-state index is 0.270. The standard InChI is InChI=1S/C24H22FN3O3S/c1-14-20(23(30)31-4)21(16-7-11-18(12-8-16)27(2)3)28-22(29)19(32-24(28)26-14)13-15-5-9-17(25)10-6-15/h5-13,21H,1-4H3/b19-13+/t21-/m0/s1. The van der Waals surface area contributed by atoms with E-state index in [0.717, 1.165) is 11.3 Å². The van der Waals surface area contributed by atoms with Gasteiger partial charge in [0.15, 0.2) is 4.80 Å². The van der Waals surface area contributed by atoms with Gasteiger partial charge in [0.05, 0.1) is 29.0 Å². The number of halogens is 1. The van der Waals surface area contributed by atoms with E-state index in [2.05, 4.69) is 4.99 Å². The quantitative estimate of drug-likeness (QED) is 0.572. The molecule has 0 saturated carbocycles. The van der Waals surface area contributed by atoms with Gasteiger partial charge < -0.3 is 9.64 Å². The Labute approximate surface area is 188 Å². The van der Waals surface area contributed by atoms with Crippen LogP contribution in [0.1, 0.15) is 24.1 Å². The van der Waals surface area contributed by atoms with Crippen LogP contribution in [-0.2, 0) is 9.53 Å². The second-order valence-electron chi connectivity index (χ2n) is 7.61. The second kappa shape index (κ2) is 8.55. The molecular formula is C24H22FN3O3S. The molecule has 0 saturated heterocycles. The molecule has 0 N–H and O–H groups in total. The third-order valence-corrected chi connectivity index (χ3v) is 6.30. The Hall–Kier alpha value is -3.52. The number of thiazole rings is 1. The summed E-state index contributed by atoms with van der Waals surface area (Å²) >= 11 is 1.23. The molecule has 164 valence electrons. The summed E-state index contributed by atoms with van der Waals surface area (Å²) in [5, 5.41) is 0. The van der Waals surface area contributed by atoms with Crippen LogP contribution in [0.15, 0.2) is 69.6 Å². The van der Waals surface area contributed by atoms with Crippen molar-refractivity contribution in [3.05, 3.63) is 96.4 Å². The predicted octanol–water partition coefficient (Wildman–Crippen LogP) is 2.61. The molecule has 0 aliphatic carbocycles. The molecule has 0 unspecified atom stereocenters. The largest absolute Gasteiger partial charge is 0.466 e. The van der Waals surface area contributed by atoms with Crippen molar-refractivity contribution in [1.29, 1.82) is 0 Å². The second-order valence-corrected chi connectivity index (χ2v) is 8.62. The number of benzene rings is 2. The number of hydrogen-bond acceptors (Lipinski definition) is 6. The number of anilines is 1. The fraction of sp³-hybridized carbons (Fsp3) is 0.208. The summed E-state index contributed by atoms with van der Waals surface area (Å²) in [6.45, 7) is 1.74. The van der Waals surface area contributed by atoms with Crippen molar-refractivity contribution in [2.45, 2.75) is 13.0 Å². The van der Waals surface area contributed by atoms with Crippen LogP contribution in [0.25, 0.3) is 6.08 Å². The normalized spacial score (nSPS) is 15.9. The molecule has 1 aliphatic heterocycles. The molecule has 1 atom stereocenters. The van der Waals surface area contributed by atoms with Crippen LogP contribution in [0.2, 0.25) is 0 Å². The Kier molecular flexibility index (Phi) is 5.80. The topological polar surface area (TPSA) is 63.9 Å². The number of carbonyl (C=O) groups excluding carboxylic acids is 1. The summed E-state index contributed by atoms with van der Waals surface area (Å²) in [5.74, 6) is -0.871.